The fourth-order valence-electron chi connectivity index (χ4n) is 2.37. The van der Waals surface area contributed by atoms with E-state index in [2.05, 4.69) is 57.0 Å². The van der Waals surface area contributed by atoms with Crippen LogP contribution in [0.25, 0.3) is 0 Å². The minimum Gasteiger partial charge on any atom is -0.373 e. The lowest BCUT2D eigenvalue weighted by Gasteiger charge is -2.26. The normalized spacial score (nSPS) is 15.4. The second-order valence-corrected chi connectivity index (χ2v) is 7.04. The van der Waals surface area contributed by atoms with E-state index in [1.54, 1.807) is 7.11 Å². The quantitative estimate of drug-likeness (QED) is 0.797. The highest BCUT2D eigenvalue weighted by Crippen LogP contribution is 2.33. The summed E-state index contributed by atoms with van der Waals surface area (Å²) in [6, 6.07) is 0.355. The second-order valence-electron chi connectivity index (χ2n) is 7.04. The Morgan fingerprint density at radius 1 is 1.29 bits per heavy atom. The average Bonchev–Trinajstić information content (AvgIpc) is 2.81. The molecule has 122 valence electrons. The summed E-state index contributed by atoms with van der Waals surface area (Å²) in [7, 11) is 1.69. The number of nitrogens with zero attached hydrogens (tertiary/aromatic N) is 2. The highest BCUT2D eigenvalue weighted by atomic mass is 16.5. The lowest BCUT2D eigenvalue weighted by molar-refractivity contribution is 0.00718. The number of ether oxygens (including phenoxy) is 1. The van der Waals surface area contributed by atoms with E-state index >= 15 is 0 Å². The molecule has 1 N–H and O–H groups in total. The van der Waals surface area contributed by atoms with Gasteiger partial charge in [0.05, 0.1) is 0 Å². The molecule has 0 amide bonds. The number of rotatable bonds is 8. The van der Waals surface area contributed by atoms with E-state index in [-0.39, 0.29) is 11.5 Å². The van der Waals surface area contributed by atoms with Crippen LogP contribution in [-0.4, -0.2) is 29.8 Å². The van der Waals surface area contributed by atoms with Crippen molar-refractivity contribution in [2.75, 3.05) is 13.7 Å². The molecule has 0 bridgehead atoms. The van der Waals surface area contributed by atoms with Crippen LogP contribution >= 0.6 is 0 Å². The number of hydrogen-bond acceptors (Lipinski definition) is 5. The summed E-state index contributed by atoms with van der Waals surface area (Å²) < 4.78 is 11.0. The summed E-state index contributed by atoms with van der Waals surface area (Å²) in [6.45, 7) is 13.9. The molecule has 2 unspecified atom stereocenters. The molecule has 0 radical (unpaired) electrons. The van der Waals surface area contributed by atoms with Crippen LogP contribution in [0.5, 0.6) is 0 Å². The van der Waals surface area contributed by atoms with Gasteiger partial charge in [0.1, 0.15) is 6.10 Å². The molecule has 0 saturated heterocycles. The Labute approximate surface area is 128 Å². The first kappa shape index (κ1) is 18.1. The molecular weight excluding hydrogens is 266 g/mol. The molecule has 5 nitrogen and oxygen atoms in total. The fourth-order valence-corrected chi connectivity index (χ4v) is 2.37. The topological polar surface area (TPSA) is 60.2 Å². The summed E-state index contributed by atoms with van der Waals surface area (Å²) in [5.41, 5.74) is -0.0617. The maximum Gasteiger partial charge on any atom is 0.228 e. The van der Waals surface area contributed by atoms with Crippen LogP contribution in [0.3, 0.4) is 0 Å². The molecule has 1 aromatic rings. The minimum absolute atomic E-state index is 0.0617. The number of methoxy groups -OCH3 is 1. The van der Waals surface area contributed by atoms with Gasteiger partial charge in [0.25, 0.3) is 0 Å². The van der Waals surface area contributed by atoms with Crippen molar-refractivity contribution in [2.45, 2.75) is 66.5 Å². The Bertz CT molecular complexity index is 410. The molecule has 0 aliphatic heterocycles. The molecule has 1 rings (SSSR count). The van der Waals surface area contributed by atoms with Crippen molar-refractivity contribution >= 4 is 0 Å². The van der Waals surface area contributed by atoms with Crippen LogP contribution < -0.4 is 5.32 Å². The molecule has 0 aliphatic rings. The van der Waals surface area contributed by atoms with Crippen LogP contribution in [0, 0.1) is 11.3 Å². The molecule has 2 atom stereocenters. The van der Waals surface area contributed by atoms with Gasteiger partial charge in [0.15, 0.2) is 0 Å². The van der Waals surface area contributed by atoms with E-state index in [9.17, 15) is 0 Å². The highest BCUT2D eigenvalue weighted by Gasteiger charge is 2.31. The van der Waals surface area contributed by atoms with Gasteiger partial charge >= 0.3 is 0 Å². The maximum atomic E-state index is 5.53. The third-order valence-corrected chi connectivity index (χ3v) is 3.60. The minimum atomic E-state index is -0.156. The summed E-state index contributed by atoms with van der Waals surface area (Å²) in [5.74, 6) is 1.84. The number of nitrogens with one attached hydrogen (secondary N) is 1. The average molecular weight is 297 g/mol. The third-order valence-electron chi connectivity index (χ3n) is 3.60. The van der Waals surface area contributed by atoms with Crippen molar-refractivity contribution in [3.05, 3.63) is 11.7 Å². The van der Waals surface area contributed by atoms with E-state index in [0.29, 0.717) is 23.7 Å². The van der Waals surface area contributed by atoms with Gasteiger partial charge in [0.2, 0.25) is 11.7 Å². The monoisotopic (exact) mass is 297 g/mol. The first-order valence-corrected chi connectivity index (χ1v) is 7.88. The van der Waals surface area contributed by atoms with Gasteiger partial charge < -0.3 is 14.6 Å². The number of aromatic nitrogens is 2. The van der Waals surface area contributed by atoms with Gasteiger partial charge in [-0.25, -0.2) is 0 Å². The summed E-state index contributed by atoms with van der Waals surface area (Å²) >= 11 is 0. The first-order chi connectivity index (χ1) is 9.79. The zero-order valence-corrected chi connectivity index (χ0v) is 14.6. The predicted octanol–water partition coefficient (Wildman–Crippen LogP) is 3.37. The van der Waals surface area contributed by atoms with Gasteiger partial charge in [0, 0.05) is 19.6 Å². The van der Waals surface area contributed by atoms with Crippen LogP contribution in [0.2, 0.25) is 0 Å². The van der Waals surface area contributed by atoms with E-state index in [1.807, 2.05) is 0 Å². The molecule has 0 saturated carbocycles. The van der Waals surface area contributed by atoms with Crippen LogP contribution in [0.15, 0.2) is 4.52 Å². The zero-order valence-electron chi connectivity index (χ0n) is 14.6. The first-order valence-electron chi connectivity index (χ1n) is 7.88. The molecule has 0 spiro atoms. The van der Waals surface area contributed by atoms with E-state index < -0.39 is 0 Å². The lowest BCUT2D eigenvalue weighted by atomic mass is 9.88. The molecule has 0 aromatic carbocycles. The summed E-state index contributed by atoms with van der Waals surface area (Å²) in [6.07, 6.45) is 1.72. The van der Waals surface area contributed by atoms with Gasteiger partial charge in [-0.15, -0.1) is 0 Å². The van der Waals surface area contributed by atoms with Crippen molar-refractivity contribution in [1.82, 2.24) is 15.5 Å². The van der Waals surface area contributed by atoms with Crippen molar-refractivity contribution in [1.29, 1.82) is 0 Å². The Morgan fingerprint density at radius 3 is 2.43 bits per heavy atom. The fraction of sp³-hybridized carbons (Fsp3) is 0.875. The zero-order chi connectivity index (χ0) is 16.0. The van der Waals surface area contributed by atoms with Crippen LogP contribution in [0.4, 0.5) is 0 Å². The van der Waals surface area contributed by atoms with E-state index in [1.165, 1.54) is 0 Å². The van der Waals surface area contributed by atoms with E-state index in [0.717, 1.165) is 19.4 Å². The van der Waals surface area contributed by atoms with Gasteiger partial charge in [-0.3, -0.25) is 0 Å². The lowest BCUT2D eigenvalue weighted by Crippen LogP contribution is -2.36. The highest BCUT2D eigenvalue weighted by molar-refractivity contribution is 4.97. The molecule has 0 aliphatic carbocycles. The molecule has 1 aromatic heterocycles. The molecular formula is C16H31N3O2. The van der Waals surface area contributed by atoms with Crippen molar-refractivity contribution in [2.24, 2.45) is 11.3 Å². The van der Waals surface area contributed by atoms with Crippen molar-refractivity contribution in [3.63, 3.8) is 0 Å². The van der Waals surface area contributed by atoms with Crippen molar-refractivity contribution < 1.29 is 9.26 Å². The van der Waals surface area contributed by atoms with E-state index in [4.69, 9.17) is 9.26 Å². The smallest absolute Gasteiger partial charge is 0.228 e. The Kier molecular flexibility index (Phi) is 6.81. The summed E-state index contributed by atoms with van der Waals surface area (Å²) in [4.78, 5) is 4.54. The number of hydrogen-bond donors (Lipinski definition) is 1. The molecule has 5 heteroatoms. The van der Waals surface area contributed by atoms with Gasteiger partial charge in [-0.1, -0.05) is 46.7 Å². The Hall–Kier alpha value is -0.940. The van der Waals surface area contributed by atoms with Gasteiger partial charge in [-0.2, -0.15) is 4.98 Å². The Balaban J connectivity index is 2.77. The SMILES string of the molecule is CCCNC(Cc1nc(C(OC)C(C)(C)C)no1)C(C)C. The largest absolute Gasteiger partial charge is 0.373 e. The second kappa shape index (κ2) is 7.90. The third kappa shape index (κ3) is 5.40. The van der Waals surface area contributed by atoms with Crippen LogP contribution in [0.1, 0.15) is 65.8 Å². The maximum absolute atomic E-state index is 5.53. The predicted molar refractivity (Wildman–Crippen MR) is 84.1 cm³/mol. The molecule has 21 heavy (non-hydrogen) atoms. The van der Waals surface area contributed by atoms with Crippen molar-refractivity contribution in [3.8, 4) is 0 Å². The van der Waals surface area contributed by atoms with Crippen LogP contribution in [-0.2, 0) is 11.2 Å². The summed E-state index contributed by atoms with van der Waals surface area (Å²) in [5, 5.41) is 7.65. The van der Waals surface area contributed by atoms with Gasteiger partial charge in [-0.05, 0) is 24.3 Å². The Morgan fingerprint density at radius 2 is 1.95 bits per heavy atom. The molecule has 0 fully saturated rings. The molecule has 1 heterocycles. The standard InChI is InChI=1S/C16H31N3O2/c1-8-9-17-12(11(2)3)10-13-18-15(19-21-13)14(20-7)16(4,5)6/h11-12,14,17H,8-10H2,1-7H3.